The predicted molar refractivity (Wildman–Crippen MR) is 94.8 cm³/mol. The molecule has 1 N–H and O–H groups in total. The first-order valence-corrected chi connectivity index (χ1v) is 9.60. The third kappa shape index (κ3) is 4.14. The van der Waals surface area contributed by atoms with Gasteiger partial charge in [0, 0.05) is 11.8 Å². The van der Waals surface area contributed by atoms with Crippen LogP contribution in [-0.4, -0.2) is 13.4 Å². The molecule has 0 fully saturated rings. The van der Waals surface area contributed by atoms with Crippen LogP contribution in [0, 0.1) is 5.82 Å². The summed E-state index contributed by atoms with van der Waals surface area (Å²) in [6.45, 7) is 0. The molecule has 0 spiro atoms. The Morgan fingerprint density at radius 1 is 0.929 bits per heavy atom. The molecule has 9 heteroatoms. The number of pyridine rings is 1. The second-order valence-corrected chi connectivity index (χ2v) is 7.97. The molecular formula is C19H13F4NO3S. The Balaban J connectivity index is 2.03. The van der Waals surface area contributed by atoms with Crippen molar-refractivity contribution in [2.24, 2.45) is 0 Å². The van der Waals surface area contributed by atoms with Gasteiger partial charge in [0.15, 0.2) is 9.84 Å². The highest BCUT2D eigenvalue weighted by Crippen LogP contribution is 2.30. The summed E-state index contributed by atoms with van der Waals surface area (Å²) in [5.41, 5.74) is -1.53. The van der Waals surface area contributed by atoms with Crippen molar-refractivity contribution in [3.63, 3.8) is 0 Å². The van der Waals surface area contributed by atoms with Gasteiger partial charge in [-0.3, -0.25) is 4.79 Å². The van der Waals surface area contributed by atoms with E-state index < -0.39 is 43.6 Å². The topological polar surface area (TPSA) is 67.0 Å². The Morgan fingerprint density at radius 3 is 2.25 bits per heavy atom. The molecular weight excluding hydrogens is 398 g/mol. The van der Waals surface area contributed by atoms with Gasteiger partial charge in [-0.25, -0.2) is 12.8 Å². The summed E-state index contributed by atoms with van der Waals surface area (Å²) in [5.74, 6) is -1.80. The predicted octanol–water partition coefficient (Wildman–Crippen LogP) is 4.17. The monoisotopic (exact) mass is 411 g/mol. The van der Waals surface area contributed by atoms with Crippen molar-refractivity contribution in [1.29, 1.82) is 0 Å². The largest absolute Gasteiger partial charge is 0.417 e. The molecule has 3 aromatic rings. The SMILES string of the molecule is O=c1[nH]cc(C(F)(F)F)cc1S(=O)(=O)Cc1cc(-c2ccccc2)ccc1F. The number of aromatic amines is 1. The van der Waals surface area contributed by atoms with Gasteiger partial charge in [-0.15, -0.1) is 0 Å². The van der Waals surface area contributed by atoms with E-state index in [-0.39, 0.29) is 11.6 Å². The Labute approximate surface area is 157 Å². The van der Waals surface area contributed by atoms with Gasteiger partial charge in [-0.1, -0.05) is 36.4 Å². The van der Waals surface area contributed by atoms with Crippen molar-refractivity contribution in [2.45, 2.75) is 16.8 Å². The lowest BCUT2D eigenvalue weighted by Gasteiger charge is -2.10. The fourth-order valence-corrected chi connectivity index (χ4v) is 4.07. The fraction of sp³-hybridized carbons (Fsp3) is 0.105. The molecule has 0 saturated heterocycles. The van der Waals surface area contributed by atoms with Gasteiger partial charge in [0.05, 0.1) is 11.3 Å². The Hall–Kier alpha value is -2.94. The number of benzene rings is 2. The molecule has 28 heavy (non-hydrogen) atoms. The Kier molecular flexibility index (Phi) is 5.12. The quantitative estimate of drug-likeness (QED) is 0.656. The third-order valence-electron chi connectivity index (χ3n) is 4.03. The molecule has 2 aromatic carbocycles. The van der Waals surface area contributed by atoms with Crippen LogP contribution in [0.3, 0.4) is 0 Å². The number of alkyl halides is 3. The van der Waals surface area contributed by atoms with Crippen molar-refractivity contribution in [1.82, 2.24) is 4.98 Å². The van der Waals surface area contributed by atoms with Gasteiger partial charge in [0.2, 0.25) is 0 Å². The number of aromatic nitrogens is 1. The highest BCUT2D eigenvalue weighted by atomic mass is 32.2. The molecule has 0 aliphatic rings. The van der Waals surface area contributed by atoms with Crippen LogP contribution in [0.1, 0.15) is 11.1 Å². The molecule has 146 valence electrons. The number of hydrogen-bond donors (Lipinski definition) is 1. The zero-order valence-electron chi connectivity index (χ0n) is 14.1. The Morgan fingerprint density at radius 2 is 1.61 bits per heavy atom. The first-order valence-electron chi connectivity index (χ1n) is 7.94. The lowest BCUT2D eigenvalue weighted by molar-refractivity contribution is -0.138. The van der Waals surface area contributed by atoms with Crippen LogP contribution in [0.15, 0.2) is 70.5 Å². The number of rotatable bonds is 4. The first kappa shape index (κ1) is 19.8. The summed E-state index contributed by atoms with van der Waals surface area (Å²) in [5, 5.41) is 0. The molecule has 4 nitrogen and oxygen atoms in total. The van der Waals surface area contributed by atoms with Crippen molar-refractivity contribution >= 4 is 9.84 Å². The number of sulfone groups is 1. The molecule has 0 aliphatic carbocycles. The minimum atomic E-state index is -4.84. The lowest BCUT2D eigenvalue weighted by atomic mass is 10.0. The summed E-state index contributed by atoms with van der Waals surface area (Å²) in [7, 11) is -4.53. The highest BCUT2D eigenvalue weighted by molar-refractivity contribution is 7.90. The lowest BCUT2D eigenvalue weighted by Crippen LogP contribution is -2.21. The van der Waals surface area contributed by atoms with Crippen molar-refractivity contribution < 1.29 is 26.0 Å². The van der Waals surface area contributed by atoms with E-state index in [0.29, 0.717) is 17.3 Å². The van der Waals surface area contributed by atoms with Gasteiger partial charge in [-0.05, 0) is 29.3 Å². The molecule has 0 radical (unpaired) electrons. The maximum atomic E-state index is 14.2. The van der Waals surface area contributed by atoms with E-state index >= 15 is 0 Å². The normalized spacial score (nSPS) is 12.1. The van der Waals surface area contributed by atoms with E-state index in [9.17, 15) is 30.8 Å². The number of halogens is 4. The molecule has 0 saturated carbocycles. The maximum absolute atomic E-state index is 14.2. The summed E-state index contributed by atoms with van der Waals surface area (Å²) in [6.07, 6.45) is -4.45. The highest BCUT2D eigenvalue weighted by Gasteiger charge is 2.33. The maximum Gasteiger partial charge on any atom is 0.417 e. The second-order valence-electron chi connectivity index (χ2n) is 6.01. The van der Waals surface area contributed by atoms with Crippen molar-refractivity contribution in [2.75, 3.05) is 0 Å². The first-order chi connectivity index (χ1) is 13.1. The van der Waals surface area contributed by atoms with E-state index in [0.717, 1.165) is 6.07 Å². The van der Waals surface area contributed by atoms with Crippen molar-refractivity contribution in [3.8, 4) is 11.1 Å². The molecule has 0 amide bonds. The van der Waals surface area contributed by atoms with Gasteiger partial charge in [0.25, 0.3) is 5.56 Å². The van der Waals surface area contributed by atoms with Crippen molar-refractivity contribution in [3.05, 3.63) is 88.1 Å². The smallest absolute Gasteiger partial charge is 0.327 e. The standard InChI is InChI=1S/C19H13F4NO3S/c20-16-7-6-13(12-4-2-1-3-5-12)8-14(16)11-28(26,27)17-9-15(19(21,22)23)10-24-18(17)25/h1-10H,11H2,(H,24,25). The fourth-order valence-electron chi connectivity index (χ4n) is 2.64. The van der Waals surface area contributed by atoms with Crippen LogP contribution in [-0.2, 0) is 21.8 Å². The Bertz CT molecular complexity index is 1170. The van der Waals surface area contributed by atoms with Crippen LogP contribution in [0.25, 0.3) is 11.1 Å². The zero-order chi connectivity index (χ0) is 20.5. The van der Waals surface area contributed by atoms with Crippen LogP contribution in [0.5, 0.6) is 0 Å². The molecule has 1 aromatic heterocycles. The zero-order valence-corrected chi connectivity index (χ0v) is 14.9. The molecule has 3 rings (SSSR count). The summed E-state index contributed by atoms with van der Waals surface area (Å²) < 4.78 is 77.8. The summed E-state index contributed by atoms with van der Waals surface area (Å²) >= 11 is 0. The van der Waals surface area contributed by atoms with E-state index in [4.69, 9.17) is 0 Å². The minimum absolute atomic E-state index is 0.252. The van der Waals surface area contributed by atoms with E-state index in [1.165, 1.54) is 12.1 Å². The van der Waals surface area contributed by atoms with E-state index in [1.54, 1.807) is 35.3 Å². The molecule has 0 atom stereocenters. The van der Waals surface area contributed by atoms with Gasteiger partial charge in [-0.2, -0.15) is 13.2 Å². The second kappa shape index (κ2) is 7.23. The third-order valence-corrected chi connectivity index (χ3v) is 5.69. The van der Waals surface area contributed by atoms with Gasteiger partial charge in [0.1, 0.15) is 10.7 Å². The van der Waals surface area contributed by atoms with Crippen LogP contribution < -0.4 is 5.56 Å². The number of nitrogens with one attached hydrogen (secondary N) is 1. The minimum Gasteiger partial charge on any atom is -0.327 e. The summed E-state index contributed by atoms with van der Waals surface area (Å²) in [4.78, 5) is 12.5. The molecule has 0 aliphatic heterocycles. The average molecular weight is 411 g/mol. The number of H-pyrrole nitrogens is 1. The molecule has 1 heterocycles. The number of hydrogen-bond acceptors (Lipinski definition) is 3. The van der Waals surface area contributed by atoms with Crippen LogP contribution >= 0.6 is 0 Å². The van der Waals surface area contributed by atoms with Gasteiger partial charge >= 0.3 is 6.18 Å². The molecule has 0 bridgehead atoms. The average Bonchev–Trinajstić information content (AvgIpc) is 2.63. The van der Waals surface area contributed by atoms with Crippen LogP contribution in [0.4, 0.5) is 17.6 Å². The van der Waals surface area contributed by atoms with Gasteiger partial charge < -0.3 is 4.98 Å². The molecule has 0 unspecified atom stereocenters. The van der Waals surface area contributed by atoms with E-state index in [1.807, 2.05) is 0 Å². The van der Waals surface area contributed by atoms with E-state index in [2.05, 4.69) is 0 Å². The van der Waals surface area contributed by atoms with Crippen LogP contribution in [0.2, 0.25) is 0 Å². The summed E-state index contributed by atoms with van der Waals surface area (Å²) in [6, 6.07) is 12.8.